The van der Waals surface area contributed by atoms with E-state index >= 15 is 0 Å². The lowest BCUT2D eigenvalue weighted by Gasteiger charge is -2.34. The van der Waals surface area contributed by atoms with Crippen LogP contribution < -0.4 is 9.62 Å². The van der Waals surface area contributed by atoms with Crippen molar-refractivity contribution < 1.29 is 18.0 Å². The van der Waals surface area contributed by atoms with Gasteiger partial charge in [0.05, 0.1) is 11.9 Å². The highest BCUT2D eigenvalue weighted by Crippen LogP contribution is 2.22. The third-order valence-electron chi connectivity index (χ3n) is 6.62. The number of sulfonamides is 1. The molecule has 208 valence electrons. The number of rotatable bonds is 12. The minimum Gasteiger partial charge on any atom is -0.352 e. The van der Waals surface area contributed by atoms with Crippen molar-refractivity contribution in [3.05, 3.63) is 101 Å². The highest BCUT2D eigenvalue weighted by Gasteiger charge is 2.33. The number of hydrogen-bond acceptors (Lipinski definition) is 4. The average Bonchev–Trinajstić information content (AvgIpc) is 2.89. The molecule has 0 saturated heterocycles. The molecular weight excluding hydrogens is 510 g/mol. The van der Waals surface area contributed by atoms with Crippen LogP contribution in [-0.2, 0) is 39.0 Å². The Hall–Kier alpha value is -3.65. The highest BCUT2D eigenvalue weighted by atomic mass is 32.2. The lowest BCUT2D eigenvalue weighted by Crippen LogP contribution is -2.54. The van der Waals surface area contributed by atoms with Crippen molar-refractivity contribution in [3.8, 4) is 0 Å². The topological polar surface area (TPSA) is 86.8 Å². The number of carbonyl (C=O) groups excluding carboxylic acids is 2. The smallest absolute Gasteiger partial charge is 0.244 e. The summed E-state index contributed by atoms with van der Waals surface area (Å²) in [7, 11) is -3.79. The molecule has 0 aromatic heterocycles. The minimum atomic E-state index is -3.79. The average molecular weight is 550 g/mol. The van der Waals surface area contributed by atoms with E-state index in [9.17, 15) is 18.0 Å². The van der Waals surface area contributed by atoms with E-state index in [4.69, 9.17) is 0 Å². The largest absolute Gasteiger partial charge is 0.352 e. The van der Waals surface area contributed by atoms with E-state index in [0.29, 0.717) is 12.1 Å². The van der Waals surface area contributed by atoms with Crippen LogP contribution in [0.3, 0.4) is 0 Å². The summed E-state index contributed by atoms with van der Waals surface area (Å²) in [6.45, 7) is 7.46. The van der Waals surface area contributed by atoms with Crippen molar-refractivity contribution in [1.82, 2.24) is 10.2 Å². The van der Waals surface area contributed by atoms with Gasteiger partial charge >= 0.3 is 0 Å². The van der Waals surface area contributed by atoms with Gasteiger partial charge in [0.15, 0.2) is 0 Å². The van der Waals surface area contributed by atoms with E-state index in [1.807, 2.05) is 94.4 Å². The van der Waals surface area contributed by atoms with Gasteiger partial charge < -0.3 is 10.2 Å². The van der Waals surface area contributed by atoms with Crippen LogP contribution >= 0.6 is 0 Å². The van der Waals surface area contributed by atoms with E-state index in [1.54, 1.807) is 12.1 Å². The molecule has 0 spiro atoms. The predicted octanol–water partition coefficient (Wildman–Crippen LogP) is 4.49. The molecular formula is C31H39N3O4S. The van der Waals surface area contributed by atoms with E-state index < -0.39 is 28.5 Å². The zero-order valence-electron chi connectivity index (χ0n) is 23.4. The first-order valence-corrected chi connectivity index (χ1v) is 15.1. The molecule has 0 aliphatic heterocycles. The summed E-state index contributed by atoms with van der Waals surface area (Å²) >= 11 is 0. The number of aryl methyl sites for hydroxylation is 2. The highest BCUT2D eigenvalue weighted by molar-refractivity contribution is 7.92. The van der Waals surface area contributed by atoms with Gasteiger partial charge in [-0.05, 0) is 61.6 Å². The molecule has 0 unspecified atom stereocenters. The second-order valence-electron chi connectivity index (χ2n) is 10.1. The van der Waals surface area contributed by atoms with E-state index in [2.05, 4.69) is 5.32 Å². The molecule has 0 heterocycles. The Morgan fingerprint density at radius 2 is 1.49 bits per heavy atom. The van der Waals surface area contributed by atoms with Gasteiger partial charge in [-0.3, -0.25) is 13.9 Å². The molecule has 0 radical (unpaired) electrons. The number of hydrogen-bond donors (Lipinski definition) is 1. The number of nitrogens with one attached hydrogen (secondary N) is 1. The summed E-state index contributed by atoms with van der Waals surface area (Å²) in [5, 5.41) is 2.96. The first-order valence-electron chi connectivity index (χ1n) is 13.2. The van der Waals surface area contributed by atoms with Crippen LogP contribution in [0, 0.1) is 6.92 Å². The van der Waals surface area contributed by atoms with E-state index in [0.717, 1.165) is 39.2 Å². The van der Waals surface area contributed by atoms with Gasteiger partial charge in [-0.1, -0.05) is 73.7 Å². The van der Waals surface area contributed by atoms with Gasteiger partial charge in [0.2, 0.25) is 21.8 Å². The lowest BCUT2D eigenvalue weighted by atomic mass is 10.0. The molecule has 3 aromatic rings. The fourth-order valence-corrected chi connectivity index (χ4v) is 5.27. The van der Waals surface area contributed by atoms with Crippen LogP contribution in [0.5, 0.6) is 0 Å². The van der Waals surface area contributed by atoms with Crippen LogP contribution in [0.25, 0.3) is 0 Å². The Kier molecular flexibility index (Phi) is 10.3. The van der Waals surface area contributed by atoms with Gasteiger partial charge in [0.1, 0.15) is 12.6 Å². The summed E-state index contributed by atoms with van der Waals surface area (Å²) in [6, 6.07) is 23.4. The number of anilines is 1. The molecule has 7 nitrogen and oxygen atoms in total. The van der Waals surface area contributed by atoms with Crippen LogP contribution in [0.15, 0.2) is 78.9 Å². The maximum absolute atomic E-state index is 14.1. The second kappa shape index (κ2) is 13.4. The minimum absolute atomic E-state index is 0.129. The second-order valence-corrected chi connectivity index (χ2v) is 12.0. The maximum Gasteiger partial charge on any atom is 0.244 e. The molecule has 0 bridgehead atoms. The molecule has 0 aliphatic rings. The molecule has 8 heteroatoms. The van der Waals surface area contributed by atoms with Crippen molar-refractivity contribution in [2.24, 2.45) is 0 Å². The third-order valence-corrected chi connectivity index (χ3v) is 7.76. The number of benzene rings is 3. The fourth-order valence-electron chi connectivity index (χ4n) is 4.42. The van der Waals surface area contributed by atoms with Crippen molar-refractivity contribution in [2.75, 3.05) is 17.1 Å². The molecule has 0 fully saturated rings. The van der Waals surface area contributed by atoms with Crippen molar-refractivity contribution in [2.45, 2.75) is 59.2 Å². The van der Waals surface area contributed by atoms with Gasteiger partial charge in [-0.25, -0.2) is 8.42 Å². The molecule has 0 aliphatic carbocycles. The summed E-state index contributed by atoms with van der Waals surface area (Å²) in [6.07, 6.45) is 2.20. The SMILES string of the molecule is CCc1ccc(N(CC(=O)N(Cc2ccccc2C)[C@H](Cc2ccccc2)C(=O)NC(C)C)S(C)(=O)=O)cc1. The van der Waals surface area contributed by atoms with Gasteiger partial charge in [-0.15, -0.1) is 0 Å². The Morgan fingerprint density at radius 1 is 0.872 bits per heavy atom. The maximum atomic E-state index is 14.1. The van der Waals surface area contributed by atoms with Crippen LogP contribution in [0.1, 0.15) is 43.0 Å². The van der Waals surface area contributed by atoms with E-state index in [1.165, 1.54) is 4.90 Å². The monoisotopic (exact) mass is 549 g/mol. The summed E-state index contributed by atoms with van der Waals surface area (Å²) in [5.41, 5.74) is 4.24. The van der Waals surface area contributed by atoms with Gasteiger partial charge in [0.25, 0.3) is 0 Å². The molecule has 3 aromatic carbocycles. The molecule has 0 saturated carbocycles. The molecule has 1 atom stereocenters. The zero-order chi connectivity index (χ0) is 28.6. The Balaban J connectivity index is 2.05. The van der Waals surface area contributed by atoms with Crippen molar-refractivity contribution in [1.29, 1.82) is 0 Å². The van der Waals surface area contributed by atoms with E-state index in [-0.39, 0.29) is 18.5 Å². The van der Waals surface area contributed by atoms with Gasteiger partial charge in [0, 0.05) is 19.0 Å². The molecule has 39 heavy (non-hydrogen) atoms. The Bertz CT molecular complexity index is 1360. The third kappa shape index (κ3) is 8.42. The van der Waals surface area contributed by atoms with Crippen molar-refractivity contribution >= 4 is 27.5 Å². The number of nitrogens with zero attached hydrogens (tertiary/aromatic N) is 2. The first-order chi connectivity index (χ1) is 18.5. The zero-order valence-corrected chi connectivity index (χ0v) is 24.2. The van der Waals surface area contributed by atoms with Crippen LogP contribution in [0.4, 0.5) is 5.69 Å². The standard InChI is InChI=1S/C31H39N3O4S/c1-6-25-16-18-28(19-17-25)34(39(5,37)38)22-30(35)33(21-27-15-11-10-12-24(27)4)29(31(36)32-23(2)3)20-26-13-8-7-9-14-26/h7-19,23,29H,6,20-22H2,1-5H3,(H,32,36)/t29-/m1/s1. The van der Waals surface area contributed by atoms with Crippen LogP contribution in [-0.4, -0.2) is 50.0 Å². The Morgan fingerprint density at radius 3 is 2.05 bits per heavy atom. The van der Waals surface area contributed by atoms with Crippen molar-refractivity contribution in [3.63, 3.8) is 0 Å². The number of carbonyl (C=O) groups is 2. The molecule has 2 amide bonds. The Labute approximate surface area is 232 Å². The lowest BCUT2D eigenvalue weighted by molar-refractivity contribution is -0.140. The fraction of sp³-hybridized carbons (Fsp3) is 0.355. The summed E-state index contributed by atoms with van der Waals surface area (Å²) < 4.78 is 26.9. The summed E-state index contributed by atoms with van der Waals surface area (Å²) in [4.78, 5) is 29.2. The quantitative estimate of drug-likeness (QED) is 0.361. The van der Waals surface area contributed by atoms with Crippen LogP contribution in [0.2, 0.25) is 0 Å². The van der Waals surface area contributed by atoms with Gasteiger partial charge in [-0.2, -0.15) is 0 Å². The molecule has 1 N–H and O–H groups in total. The predicted molar refractivity (Wildman–Crippen MR) is 157 cm³/mol. The normalized spacial score (nSPS) is 12.2. The first kappa shape index (κ1) is 29.9. The number of amides is 2. The summed E-state index contributed by atoms with van der Waals surface area (Å²) in [5.74, 6) is -0.739. The molecule has 3 rings (SSSR count).